The second-order valence-electron chi connectivity index (χ2n) is 5.88. The maximum atomic E-state index is 10.5. The lowest BCUT2D eigenvalue weighted by atomic mass is 9.48. The summed E-state index contributed by atoms with van der Waals surface area (Å²) in [4.78, 5) is 0. The Labute approximate surface area is 134 Å². The maximum absolute atomic E-state index is 10.5. The summed E-state index contributed by atoms with van der Waals surface area (Å²) in [6.45, 7) is 8.57. The second-order valence-corrected chi connectivity index (χ2v) is 5.88. The topological polar surface area (TPSA) is 40.5 Å². The zero-order chi connectivity index (χ0) is 16.3. The van der Waals surface area contributed by atoms with Crippen LogP contribution in [0.15, 0.2) is 52.6 Å². The van der Waals surface area contributed by atoms with Crippen LogP contribution in [0.4, 0.5) is 0 Å². The van der Waals surface area contributed by atoms with Crippen LogP contribution < -0.4 is 0 Å². The summed E-state index contributed by atoms with van der Waals surface area (Å²) >= 11 is 0. The quantitative estimate of drug-likeness (QED) is 0.773. The van der Waals surface area contributed by atoms with Crippen LogP contribution in [0.2, 0.25) is 0 Å². The molecule has 0 bridgehead atoms. The summed E-state index contributed by atoms with van der Waals surface area (Å²) < 4.78 is 0. The van der Waals surface area contributed by atoms with Gasteiger partial charge in [0.2, 0.25) is 0 Å². The first-order valence-electron chi connectivity index (χ1n) is 8.46. The molecule has 0 saturated heterocycles. The van der Waals surface area contributed by atoms with E-state index in [1.807, 2.05) is 30.3 Å². The van der Waals surface area contributed by atoms with Crippen LogP contribution in [0, 0.1) is 0 Å². The molecule has 0 heterocycles. The maximum Gasteiger partial charge on any atom is 0.471 e. The molecule has 1 aliphatic carbocycles. The molecule has 0 fully saturated rings. The molecule has 0 amide bonds. The molecule has 0 atom stereocenters. The van der Waals surface area contributed by atoms with Gasteiger partial charge in [0.25, 0.3) is 0 Å². The molecule has 1 aromatic rings. The van der Waals surface area contributed by atoms with Crippen molar-refractivity contribution in [2.45, 2.75) is 58.7 Å². The van der Waals surface area contributed by atoms with Crippen molar-refractivity contribution < 1.29 is 10.0 Å². The van der Waals surface area contributed by atoms with Gasteiger partial charge >= 0.3 is 7.12 Å². The summed E-state index contributed by atoms with van der Waals surface area (Å²) in [5.41, 5.74) is 6.03. The highest BCUT2D eigenvalue weighted by Gasteiger charge is 2.53. The number of benzene rings is 1. The Morgan fingerprint density at radius 1 is 0.773 bits per heavy atom. The van der Waals surface area contributed by atoms with E-state index >= 15 is 0 Å². The molecule has 2 rings (SSSR count). The second kappa shape index (κ2) is 6.85. The van der Waals surface area contributed by atoms with E-state index in [0.717, 1.165) is 31.2 Å². The van der Waals surface area contributed by atoms with Crippen molar-refractivity contribution >= 4 is 7.12 Å². The van der Waals surface area contributed by atoms with E-state index in [2.05, 4.69) is 27.7 Å². The van der Waals surface area contributed by atoms with Gasteiger partial charge in [0.05, 0.1) is 5.31 Å². The van der Waals surface area contributed by atoms with E-state index in [9.17, 15) is 10.0 Å². The Kier molecular flexibility index (Phi) is 5.30. The lowest BCUT2D eigenvalue weighted by Crippen LogP contribution is -2.46. The van der Waals surface area contributed by atoms with Gasteiger partial charge in [0.1, 0.15) is 0 Å². The van der Waals surface area contributed by atoms with E-state index in [0.29, 0.717) is 0 Å². The molecular formula is C19H27BO2. The molecule has 0 radical (unpaired) electrons. The van der Waals surface area contributed by atoms with Crippen molar-refractivity contribution in [1.29, 1.82) is 0 Å². The summed E-state index contributed by atoms with van der Waals surface area (Å²) in [7, 11) is -1.41. The first-order valence-corrected chi connectivity index (χ1v) is 8.46. The summed E-state index contributed by atoms with van der Waals surface area (Å²) in [5.74, 6) is 0. The lowest BCUT2D eigenvalue weighted by Gasteiger charge is -2.36. The first kappa shape index (κ1) is 17.0. The Balaban J connectivity index is 2.86. The van der Waals surface area contributed by atoms with Crippen molar-refractivity contribution in [1.82, 2.24) is 0 Å². The molecule has 1 aliphatic rings. The third-order valence-electron chi connectivity index (χ3n) is 5.08. The minimum atomic E-state index is -1.41. The predicted molar refractivity (Wildman–Crippen MR) is 93.5 cm³/mol. The summed E-state index contributed by atoms with van der Waals surface area (Å²) in [6, 6.07) is 9.99. The standard InChI is InChI=1S/C19H27BO2/c1-5-15-16(6-2)18(8-4)19(20(21)22,17(15)7-3)14-12-10-9-11-13-14/h9-13,21-22H,5-8H2,1-4H3. The number of hydrogen-bond acceptors (Lipinski definition) is 2. The smallest absolute Gasteiger partial charge is 0.426 e. The van der Waals surface area contributed by atoms with Gasteiger partial charge in [0.15, 0.2) is 0 Å². The van der Waals surface area contributed by atoms with Gasteiger partial charge in [0, 0.05) is 0 Å². The molecule has 1 aromatic carbocycles. The van der Waals surface area contributed by atoms with Crippen molar-refractivity contribution in [3.63, 3.8) is 0 Å². The Bertz CT molecular complexity index is 557. The van der Waals surface area contributed by atoms with Crippen LogP contribution in [0.3, 0.4) is 0 Å². The van der Waals surface area contributed by atoms with Crippen molar-refractivity contribution in [2.75, 3.05) is 0 Å². The third-order valence-corrected chi connectivity index (χ3v) is 5.08. The van der Waals surface area contributed by atoms with Crippen LogP contribution in [0.25, 0.3) is 0 Å². The zero-order valence-electron chi connectivity index (χ0n) is 14.2. The minimum absolute atomic E-state index is 0.762. The molecule has 0 spiro atoms. The minimum Gasteiger partial charge on any atom is -0.426 e. The van der Waals surface area contributed by atoms with E-state index < -0.39 is 12.4 Å². The van der Waals surface area contributed by atoms with Crippen LogP contribution in [-0.4, -0.2) is 17.2 Å². The van der Waals surface area contributed by atoms with Crippen molar-refractivity contribution in [3.8, 4) is 0 Å². The van der Waals surface area contributed by atoms with Gasteiger partial charge < -0.3 is 10.0 Å². The molecular weight excluding hydrogens is 271 g/mol. The first-order chi connectivity index (χ1) is 10.6. The SMILES string of the molecule is CCC1=C(CC)C(B(O)O)(c2ccccc2)C(CC)=C1CC. The lowest BCUT2D eigenvalue weighted by molar-refractivity contribution is 0.369. The van der Waals surface area contributed by atoms with Gasteiger partial charge in [-0.15, -0.1) is 0 Å². The largest absolute Gasteiger partial charge is 0.471 e. The van der Waals surface area contributed by atoms with Crippen molar-refractivity contribution in [2.24, 2.45) is 0 Å². The third kappa shape index (κ3) is 2.27. The molecule has 22 heavy (non-hydrogen) atoms. The highest BCUT2D eigenvalue weighted by molar-refractivity contribution is 6.48. The monoisotopic (exact) mass is 298 g/mol. The van der Waals surface area contributed by atoms with Gasteiger partial charge in [-0.2, -0.15) is 0 Å². The van der Waals surface area contributed by atoms with Crippen LogP contribution in [0.5, 0.6) is 0 Å². The van der Waals surface area contributed by atoms with Crippen LogP contribution in [-0.2, 0) is 5.31 Å². The van der Waals surface area contributed by atoms with Gasteiger partial charge in [-0.3, -0.25) is 0 Å². The highest BCUT2D eigenvalue weighted by atomic mass is 16.4. The summed E-state index contributed by atoms with van der Waals surface area (Å²) in [6.07, 6.45) is 3.56. The molecule has 0 aliphatic heterocycles. The number of allylic oxidation sites excluding steroid dienone is 4. The normalized spacial score (nSPS) is 17.4. The fourth-order valence-electron chi connectivity index (χ4n) is 4.37. The fourth-order valence-corrected chi connectivity index (χ4v) is 4.37. The Morgan fingerprint density at radius 3 is 1.55 bits per heavy atom. The highest BCUT2D eigenvalue weighted by Crippen LogP contribution is 2.53. The van der Waals surface area contributed by atoms with Crippen molar-refractivity contribution in [3.05, 3.63) is 58.2 Å². The predicted octanol–water partition coefficient (Wildman–Crippen LogP) is 4.18. The summed E-state index contributed by atoms with van der Waals surface area (Å²) in [5, 5.41) is 20.2. The molecule has 0 aromatic heterocycles. The van der Waals surface area contributed by atoms with Gasteiger partial charge in [-0.1, -0.05) is 69.2 Å². The van der Waals surface area contributed by atoms with E-state index in [4.69, 9.17) is 0 Å². The van der Waals surface area contributed by atoms with E-state index in [-0.39, 0.29) is 0 Å². The Morgan fingerprint density at radius 2 is 1.23 bits per heavy atom. The van der Waals surface area contributed by atoms with Crippen LogP contribution in [0.1, 0.15) is 58.9 Å². The Hall–Kier alpha value is -1.32. The zero-order valence-corrected chi connectivity index (χ0v) is 14.2. The molecule has 0 unspecified atom stereocenters. The fraction of sp³-hybridized carbons (Fsp3) is 0.474. The molecule has 2 N–H and O–H groups in total. The molecule has 2 nitrogen and oxygen atoms in total. The molecule has 0 saturated carbocycles. The van der Waals surface area contributed by atoms with Gasteiger partial charge in [-0.25, -0.2) is 0 Å². The van der Waals surface area contributed by atoms with E-state index in [1.54, 1.807) is 0 Å². The van der Waals surface area contributed by atoms with Crippen LogP contribution >= 0.6 is 0 Å². The number of rotatable bonds is 6. The number of hydrogen-bond donors (Lipinski definition) is 2. The van der Waals surface area contributed by atoms with Gasteiger partial charge in [-0.05, 0) is 42.4 Å². The van der Waals surface area contributed by atoms with E-state index in [1.165, 1.54) is 22.3 Å². The molecule has 118 valence electrons. The molecule has 3 heteroatoms. The average molecular weight is 298 g/mol. The average Bonchev–Trinajstić information content (AvgIpc) is 2.84.